The van der Waals surface area contributed by atoms with Gasteiger partial charge in [0, 0.05) is 6.07 Å². The number of carbonyl (C=O) groups is 2. The Labute approximate surface area is 147 Å². The van der Waals surface area contributed by atoms with Crippen LogP contribution < -0.4 is 14.8 Å². The molecule has 0 radical (unpaired) electrons. The van der Waals surface area contributed by atoms with E-state index in [-0.39, 0.29) is 24.9 Å². The normalized spacial score (nSPS) is 17.5. The van der Waals surface area contributed by atoms with Gasteiger partial charge in [0.15, 0.2) is 0 Å². The summed E-state index contributed by atoms with van der Waals surface area (Å²) in [5.41, 5.74) is 0.530. The van der Waals surface area contributed by atoms with Crippen LogP contribution in [0.25, 0.3) is 0 Å². The van der Waals surface area contributed by atoms with Gasteiger partial charge < -0.3 is 19.9 Å². The van der Waals surface area contributed by atoms with Crippen LogP contribution in [0.1, 0.15) is 19.3 Å². The van der Waals surface area contributed by atoms with Crippen molar-refractivity contribution in [2.75, 3.05) is 32.6 Å². The summed E-state index contributed by atoms with van der Waals surface area (Å²) in [6.07, 6.45) is 2.36. The van der Waals surface area contributed by atoms with E-state index in [0.717, 1.165) is 12.8 Å². The Morgan fingerprint density at radius 3 is 2.67 bits per heavy atom. The zero-order valence-corrected chi connectivity index (χ0v) is 14.6. The predicted molar refractivity (Wildman–Crippen MR) is 92.3 cm³/mol. The third kappa shape index (κ3) is 5.01. The first kappa shape index (κ1) is 20.1. The Morgan fingerprint density at radius 1 is 1.29 bits per heavy atom. The summed E-state index contributed by atoms with van der Waals surface area (Å²) in [6, 6.07) is 4.50. The van der Waals surface area contributed by atoms with Gasteiger partial charge in [0.1, 0.15) is 17.5 Å². The molecule has 1 atom stereocenters. The summed E-state index contributed by atoms with van der Waals surface area (Å²) in [5.74, 6) is -0.0194. The van der Waals surface area contributed by atoms with Crippen LogP contribution in [0.5, 0.6) is 11.5 Å². The van der Waals surface area contributed by atoms with Crippen molar-refractivity contribution in [3.8, 4) is 11.5 Å². The smallest absolute Gasteiger partial charge is 0.320 e. The summed E-state index contributed by atoms with van der Waals surface area (Å²) in [6.45, 7) is 0.663. The Kier molecular flexibility index (Phi) is 7.81. The van der Waals surface area contributed by atoms with Crippen LogP contribution in [0, 0.1) is 0 Å². The molecule has 0 spiro atoms. The number of anilines is 1. The zero-order valence-electron chi connectivity index (χ0n) is 13.8. The van der Waals surface area contributed by atoms with Crippen molar-refractivity contribution in [1.82, 2.24) is 4.90 Å². The van der Waals surface area contributed by atoms with Gasteiger partial charge in [0.05, 0.1) is 26.5 Å². The first-order valence-electron chi connectivity index (χ1n) is 7.54. The number of likely N-dealkylation sites (tertiary alicyclic amines) is 1. The molecule has 1 saturated heterocycles. The van der Waals surface area contributed by atoms with E-state index < -0.39 is 12.0 Å². The molecule has 0 bridgehead atoms. The summed E-state index contributed by atoms with van der Waals surface area (Å²) in [7, 11) is 3.06. The summed E-state index contributed by atoms with van der Waals surface area (Å²) >= 11 is 0. The third-order valence-corrected chi connectivity index (χ3v) is 3.93. The fraction of sp³-hybridized carbons (Fsp3) is 0.500. The van der Waals surface area contributed by atoms with Gasteiger partial charge in [0.2, 0.25) is 5.91 Å². The van der Waals surface area contributed by atoms with Crippen LogP contribution in [0.3, 0.4) is 0 Å². The number of methoxy groups -OCH3 is 2. The second kappa shape index (κ2) is 9.34. The highest BCUT2D eigenvalue weighted by Crippen LogP contribution is 2.29. The molecule has 8 heteroatoms. The lowest BCUT2D eigenvalue weighted by Crippen LogP contribution is -2.47. The molecule has 24 heavy (non-hydrogen) atoms. The SMILES string of the molecule is COc1ccc(NC(=O)CN2CCCCC2C(=O)O)c(OC)c1.Cl. The Balaban J connectivity index is 0.00000288. The van der Waals surface area contributed by atoms with Gasteiger partial charge in [-0.1, -0.05) is 6.42 Å². The predicted octanol–water partition coefficient (Wildman–Crippen LogP) is 2.00. The molecule has 1 amide bonds. The molecule has 1 fully saturated rings. The molecule has 0 aliphatic carbocycles. The van der Waals surface area contributed by atoms with Gasteiger partial charge in [-0.15, -0.1) is 12.4 Å². The number of piperidine rings is 1. The number of rotatable bonds is 6. The quantitative estimate of drug-likeness (QED) is 0.808. The first-order chi connectivity index (χ1) is 11.0. The highest BCUT2D eigenvalue weighted by atomic mass is 35.5. The van der Waals surface area contributed by atoms with Crippen LogP contribution in [0.2, 0.25) is 0 Å². The number of carbonyl (C=O) groups excluding carboxylic acids is 1. The second-order valence-electron chi connectivity index (χ2n) is 5.43. The topological polar surface area (TPSA) is 88.1 Å². The van der Waals surface area contributed by atoms with Crippen LogP contribution >= 0.6 is 12.4 Å². The second-order valence-corrected chi connectivity index (χ2v) is 5.43. The average Bonchev–Trinajstić information content (AvgIpc) is 2.55. The van der Waals surface area contributed by atoms with E-state index in [2.05, 4.69) is 5.32 Å². The standard InChI is InChI=1S/C16H22N2O5.ClH/c1-22-11-6-7-12(14(9-11)23-2)17-15(19)10-18-8-4-3-5-13(18)16(20)21;/h6-7,9,13H,3-5,8,10H2,1-2H3,(H,17,19)(H,20,21);1H. The van der Waals surface area contributed by atoms with E-state index in [0.29, 0.717) is 30.2 Å². The monoisotopic (exact) mass is 358 g/mol. The van der Waals surface area contributed by atoms with Crippen molar-refractivity contribution in [3.05, 3.63) is 18.2 Å². The van der Waals surface area contributed by atoms with E-state index in [1.54, 1.807) is 30.2 Å². The molecule has 1 aliphatic heterocycles. The van der Waals surface area contributed by atoms with Gasteiger partial charge in [-0.2, -0.15) is 0 Å². The number of hydrogen-bond acceptors (Lipinski definition) is 5. The maximum atomic E-state index is 12.2. The Bertz CT molecular complexity index is 582. The lowest BCUT2D eigenvalue weighted by molar-refractivity contribution is -0.145. The minimum Gasteiger partial charge on any atom is -0.497 e. The molecule has 134 valence electrons. The molecule has 7 nitrogen and oxygen atoms in total. The molecule has 1 aromatic rings. The van der Waals surface area contributed by atoms with E-state index >= 15 is 0 Å². The van der Waals surface area contributed by atoms with Gasteiger partial charge >= 0.3 is 5.97 Å². The molecule has 1 unspecified atom stereocenters. The van der Waals surface area contributed by atoms with Crippen molar-refractivity contribution >= 4 is 30.0 Å². The molecular weight excluding hydrogens is 336 g/mol. The van der Waals surface area contributed by atoms with Gasteiger partial charge in [0.25, 0.3) is 0 Å². The number of nitrogens with one attached hydrogen (secondary N) is 1. The van der Waals surface area contributed by atoms with E-state index in [4.69, 9.17) is 9.47 Å². The lowest BCUT2D eigenvalue weighted by atomic mass is 10.0. The Hall–Kier alpha value is -1.99. The van der Waals surface area contributed by atoms with Crippen LogP contribution in [0.15, 0.2) is 18.2 Å². The molecule has 2 N–H and O–H groups in total. The number of amides is 1. The van der Waals surface area contributed by atoms with Crippen molar-refractivity contribution in [2.24, 2.45) is 0 Å². The fourth-order valence-electron chi connectivity index (χ4n) is 2.74. The van der Waals surface area contributed by atoms with Crippen LogP contribution in [-0.2, 0) is 9.59 Å². The number of benzene rings is 1. The number of halogens is 1. The largest absolute Gasteiger partial charge is 0.497 e. The molecule has 1 aromatic carbocycles. The summed E-state index contributed by atoms with van der Waals surface area (Å²) < 4.78 is 10.3. The molecular formula is C16H23ClN2O5. The van der Waals surface area contributed by atoms with E-state index in [1.165, 1.54) is 7.11 Å². The molecule has 0 aromatic heterocycles. The first-order valence-corrected chi connectivity index (χ1v) is 7.54. The van der Waals surface area contributed by atoms with Gasteiger partial charge in [-0.25, -0.2) is 0 Å². The zero-order chi connectivity index (χ0) is 16.8. The van der Waals surface area contributed by atoms with Crippen molar-refractivity contribution in [1.29, 1.82) is 0 Å². The van der Waals surface area contributed by atoms with E-state index in [9.17, 15) is 14.7 Å². The molecule has 2 rings (SSSR count). The highest BCUT2D eigenvalue weighted by Gasteiger charge is 2.29. The highest BCUT2D eigenvalue weighted by molar-refractivity contribution is 5.94. The maximum Gasteiger partial charge on any atom is 0.320 e. The third-order valence-electron chi connectivity index (χ3n) is 3.93. The van der Waals surface area contributed by atoms with Gasteiger partial charge in [-0.05, 0) is 31.5 Å². The number of carboxylic acid groups (broad SMARTS) is 1. The van der Waals surface area contributed by atoms with Crippen LogP contribution in [-0.4, -0.2) is 55.2 Å². The van der Waals surface area contributed by atoms with Crippen molar-refractivity contribution in [2.45, 2.75) is 25.3 Å². The van der Waals surface area contributed by atoms with Gasteiger partial charge in [-0.3, -0.25) is 14.5 Å². The Morgan fingerprint density at radius 2 is 2.04 bits per heavy atom. The average molecular weight is 359 g/mol. The van der Waals surface area contributed by atoms with Crippen molar-refractivity contribution in [3.63, 3.8) is 0 Å². The number of aliphatic carboxylic acids is 1. The summed E-state index contributed by atoms with van der Waals surface area (Å²) in [4.78, 5) is 25.2. The van der Waals surface area contributed by atoms with E-state index in [1.807, 2.05) is 0 Å². The number of nitrogens with zero attached hydrogens (tertiary/aromatic N) is 1. The number of hydrogen-bond donors (Lipinski definition) is 2. The number of carboxylic acids is 1. The number of ether oxygens (including phenoxy) is 2. The van der Waals surface area contributed by atoms with Crippen LogP contribution in [0.4, 0.5) is 5.69 Å². The fourth-order valence-corrected chi connectivity index (χ4v) is 2.74. The lowest BCUT2D eigenvalue weighted by Gasteiger charge is -2.32. The molecule has 1 aliphatic rings. The molecule has 1 heterocycles. The minimum absolute atomic E-state index is 0. The van der Waals surface area contributed by atoms with Crippen molar-refractivity contribution < 1.29 is 24.2 Å². The molecule has 0 saturated carbocycles. The minimum atomic E-state index is -0.875. The maximum absolute atomic E-state index is 12.2. The summed E-state index contributed by atoms with van der Waals surface area (Å²) in [5, 5.41) is 12.0.